The summed E-state index contributed by atoms with van der Waals surface area (Å²) in [6, 6.07) is 0. The fourth-order valence-electron chi connectivity index (χ4n) is 2.07. The molecule has 0 aromatic heterocycles. The van der Waals surface area contributed by atoms with Gasteiger partial charge in [0.15, 0.2) is 0 Å². The standard InChI is InChI=1S/C10H19NO2/c1-8(2)9-11-10(7-13-9)4-3-5-12-6-10/h8-9,11H,3-7H2,1-2H3. The zero-order valence-electron chi connectivity index (χ0n) is 8.51. The third-order valence-electron chi connectivity index (χ3n) is 2.92. The van der Waals surface area contributed by atoms with Gasteiger partial charge in [-0.15, -0.1) is 0 Å². The molecule has 0 radical (unpaired) electrons. The van der Waals surface area contributed by atoms with E-state index in [1.165, 1.54) is 6.42 Å². The number of rotatable bonds is 1. The Labute approximate surface area is 79.8 Å². The molecule has 1 N–H and O–H groups in total. The molecule has 2 aliphatic rings. The SMILES string of the molecule is CC(C)C1NC2(CCCOC2)CO1. The van der Waals surface area contributed by atoms with Crippen LogP contribution < -0.4 is 5.32 Å². The van der Waals surface area contributed by atoms with Crippen molar-refractivity contribution in [1.82, 2.24) is 5.32 Å². The smallest absolute Gasteiger partial charge is 0.111 e. The average Bonchev–Trinajstić information content (AvgIpc) is 2.51. The van der Waals surface area contributed by atoms with Crippen molar-refractivity contribution in [2.75, 3.05) is 19.8 Å². The van der Waals surface area contributed by atoms with Gasteiger partial charge in [0.25, 0.3) is 0 Å². The van der Waals surface area contributed by atoms with E-state index in [-0.39, 0.29) is 11.8 Å². The first-order valence-electron chi connectivity index (χ1n) is 5.19. The fraction of sp³-hybridized carbons (Fsp3) is 1.00. The Morgan fingerprint density at radius 2 is 2.23 bits per heavy atom. The highest BCUT2D eigenvalue weighted by molar-refractivity contribution is 4.95. The van der Waals surface area contributed by atoms with Gasteiger partial charge >= 0.3 is 0 Å². The van der Waals surface area contributed by atoms with Gasteiger partial charge in [0.05, 0.1) is 18.8 Å². The van der Waals surface area contributed by atoms with Gasteiger partial charge in [-0.3, -0.25) is 5.32 Å². The third-order valence-corrected chi connectivity index (χ3v) is 2.92. The van der Waals surface area contributed by atoms with Crippen LogP contribution in [-0.2, 0) is 9.47 Å². The Bertz CT molecular complexity index is 176. The molecule has 3 nitrogen and oxygen atoms in total. The van der Waals surface area contributed by atoms with Gasteiger partial charge in [-0.1, -0.05) is 13.8 Å². The number of nitrogens with one attached hydrogen (secondary N) is 1. The second-order valence-electron chi connectivity index (χ2n) is 4.56. The van der Waals surface area contributed by atoms with Crippen LogP contribution in [0.2, 0.25) is 0 Å². The molecule has 2 atom stereocenters. The first-order valence-corrected chi connectivity index (χ1v) is 5.19. The largest absolute Gasteiger partial charge is 0.379 e. The lowest BCUT2D eigenvalue weighted by Crippen LogP contribution is -2.51. The third kappa shape index (κ3) is 1.87. The Balaban J connectivity index is 1.94. The molecule has 0 saturated carbocycles. The summed E-state index contributed by atoms with van der Waals surface area (Å²) in [6.45, 7) is 6.91. The van der Waals surface area contributed by atoms with E-state index in [1.807, 2.05) is 0 Å². The molecule has 2 aliphatic heterocycles. The second-order valence-corrected chi connectivity index (χ2v) is 4.56. The van der Waals surface area contributed by atoms with E-state index in [0.717, 1.165) is 26.2 Å². The highest BCUT2D eigenvalue weighted by atomic mass is 16.5. The summed E-state index contributed by atoms with van der Waals surface area (Å²) in [7, 11) is 0. The normalized spacial score (nSPS) is 40.4. The summed E-state index contributed by atoms with van der Waals surface area (Å²) < 4.78 is 11.2. The van der Waals surface area contributed by atoms with Gasteiger partial charge in [0.2, 0.25) is 0 Å². The minimum Gasteiger partial charge on any atom is -0.379 e. The van der Waals surface area contributed by atoms with E-state index in [2.05, 4.69) is 19.2 Å². The van der Waals surface area contributed by atoms with Crippen molar-refractivity contribution in [3.05, 3.63) is 0 Å². The summed E-state index contributed by atoms with van der Waals surface area (Å²) in [4.78, 5) is 0. The summed E-state index contributed by atoms with van der Waals surface area (Å²) in [5.41, 5.74) is 0.132. The van der Waals surface area contributed by atoms with Crippen molar-refractivity contribution in [2.45, 2.75) is 38.5 Å². The molecule has 2 heterocycles. The van der Waals surface area contributed by atoms with Crippen LogP contribution >= 0.6 is 0 Å². The topological polar surface area (TPSA) is 30.5 Å². The van der Waals surface area contributed by atoms with Gasteiger partial charge in [0, 0.05) is 6.61 Å². The molecule has 2 rings (SSSR count). The number of ether oxygens (including phenoxy) is 2. The summed E-state index contributed by atoms with van der Waals surface area (Å²) in [5.74, 6) is 0.543. The first-order chi connectivity index (χ1) is 6.22. The number of hydrogen-bond acceptors (Lipinski definition) is 3. The van der Waals surface area contributed by atoms with E-state index in [9.17, 15) is 0 Å². The summed E-state index contributed by atoms with van der Waals surface area (Å²) in [5, 5.41) is 3.56. The molecule has 2 saturated heterocycles. The Morgan fingerprint density at radius 1 is 1.38 bits per heavy atom. The van der Waals surface area contributed by atoms with Gasteiger partial charge < -0.3 is 9.47 Å². The van der Waals surface area contributed by atoms with E-state index in [0.29, 0.717) is 5.92 Å². The Morgan fingerprint density at radius 3 is 2.77 bits per heavy atom. The molecule has 2 unspecified atom stereocenters. The maximum atomic E-state index is 5.72. The lowest BCUT2D eigenvalue weighted by atomic mass is 9.94. The van der Waals surface area contributed by atoms with Crippen molar-refractivity contribution in [3.63, 3.8) is 0 Å². The number of hydrogen-bond donors (Lipinski definition) is 1. The zero-order valence-corrected chi connectivity index (χ0v) is 8.51. The molecule has 0 aromatic carbocycles. The molecule has 0 bridgehead atoms. The molecular formula is C10H19NO2. The summed E-state index contributed by atoms with van der Waals surface area (Å²) >= 11 is 0. The van der Waals surface area contributed by atoms with Crippen LogP contribution in [0.5, 0.6) is 0 Å². The molecule has 0 amide bonds. The van der Waals surface area contributed by atoms with Crippen LogP contribution in [0.25, 0.3) is 0 Å². The average molecular weight is 185 g/mol. The lowest BCUT2D eigenvalue weighted by Gasteiger charge is -2.32. The minimum absolute atomic E-state index is 0.132. The highest BCUT2D eigenvalue weighted by Crippen LogP contribution is 2.27. The van der Waals surface area contributed by atoms with Crippen LogP contribution in [0.15, 0.2) is 0 Å². The van der Waals surface area contributed by atoms with E-state index in [4.69, 9.17) is 9.47 Å². The molecule has 1 spiro atoms. The van der Waals surface area contributed by atoms with Crippen molar-refractivity contribution in [3.8, 4) is 0 Å². The summed E-state index contributed by atoms with van der Waals surface area (Å²) in [6.07, 6.45) is 2.57. The van der Waals surface area contributed by atoms with Gasteiger partial charge in [0.1, 0.15) is 6.23 Å². The molecular weight excluding hydrogens is 166 g/mol. The van der Waals surface area contributed by atoms with Crippen LogP contribution in [0.3, 0.4) is 0 Å². The van der Waals surface area contributed by atoms with Crippen LogP contribution in [0.4, 0.5) is 0 Å². The van der Waals surface area contributed by atoms with Crippen LogP contribution in [0, 0.1) is 5.92 Å². The van der Waals surface area contributed by atoms with Gasteiger partial charge in [-0.25, -0.2) is 0 Å². The van der Waals surface area contributed by atoms with Gasteiger partial charge in [-0.05, 0) is 18.8 Å². The predicted octanol–water partition coefficient (Wildman–Crippen LogP) is 1.14. The lowest BCUT2D eigenvalue weighted by molar-refractivity contribution is 0.0218. The van der Waals surface area contributed by atoms with Crippen molar-refractivity contribution in [1.29, 1.82) is 0 Å². The zero-order chi connectivity index (χ0) is 9.31. The fourth-order valence-corrected chi connectivity index (χ4v) is 2.07. The maximum Gasteiger partial charge on any atom is 0.111 e. The van der Waals surface area contributed by atoms with E-state index < -0.39 is 0 Å². The highest BCUT2D eigenvalue weighted by Gasteiger charge is 2.41. The molecule has 13 heavy (non-hydrogen) atoms. The molecule has 76 valence electrons. The molecule has 0 aliphatic carbocycles. The van der Waals surface area contributed by atoms with Crippen LogP contribution in [0.1, 0.15) is 26.7 Å². The second kappa shape index (κ2) is 3.56. The van der Waals surface area contributed by atoms with E-state index >= 15 is 0 Å². The Hall–Kier alpha value is -0.120. The quantitative estimate of drug-likeness (QED) is 0.664. The molecule has 2 fully saturated rings. The Kier molecular flexibility index (Phi) is 2.58. The maximum absolute atomic E-state index is 5.72. The predicted molar refractivity (Wildman–Crippen MR) is 50.5 cm³/mol. The van der Waals surface area contributed by atoms with Crippen molar-refractivity contribution >= 4 is 0 Å². The molecule has 3 heteroatoms. The van der Waals surface area contributed by atoms with Crippen molar-refractivity contribution < 1.29 is 9.47 Å². The van der Waals surface area contributed by atoms with E-state index in [1.54, 1.807) is 0 Å². The van der Waals surface area contributed by atoms with Crippen molar-refractivity contribution in [2.24, 2.45) is 5.92 Å². The monoisotopic (exact) mass is 185 g/mol. The van der Waals surface area contributed by atoms with Crippen LogP contribution in [-0.4, -0.2) is 31.6 Å². The molecule has 0 aromatic rings. The minimum atomic E-state index is 0.132. The van der Waals surface area contributed by atoms with Gasteiger partial charge in [-0.2, -0.15) is 0 Å². The first kappa shape index (κ1) is 9.44.